The first-order valence-electron chi connectivity index (χ1n) is 7.08. The van der Waals surface area contributed by atoms with Gasteiger partial charge in [0.25, 0.3) is 0 Å². The van der Waals surface area contributed by atoms with Crippen LogP contribution in [0.3, 0.4) is 0 Å². The van der Waals surface area contributed by atoms with E-state index in [0.717, 1.165) is 18.8 Å². The average Bonchev–Trinajstić information content (AvgIpc) is 2.92. The Morgan fingerprint density at radius 1 is 1.48 bits per heavy atom. The van der Waals surface area contributed by atoms with Gasteiger partial charge in [-0.3, -0.25) is 4.79 Å². The van der Waals surface area contributed by atoms with Crippen LogP contribution in [0.4, 0.5) is 11.6 Å². The summed E-state index contributed by atoms with van der Waals surface area (Å²) < 4.78 is 1.89. The van der Waals surface area contributed by atoms with Gasteiger partial charge in [-0.25, -0.2) is 9.97 Å². The van der Waals surface area contributed by atoms with Crippen molar-refractivity contribution in [1.82, 2.24) is 19.3 Å². The van der Waals surface area contributed by atoms with E-state index in [1.807, 2.05) is 23.7 Å². The Morgan fingerprint density at radius 2 is 2.24 bits per heavy atom. The third-order valence-corrected chi connectivity index (χ3v) is 3.09. The van der Waals surface area contributed by atoms with Gasteiger partial charge in [-0.2, -0.15) is 0 Å². The van der Waals surface area contributed by atoms with Crippen LogP contribution in [-0.2, 0) is 4.79 Å². The fraction of sp³-hybridized carbons (Fsp3) is 0.500. The van der Waals surface area contributed by atoms with Gasteiger partial charge in [-0.05, 0) is 13.3 Å². The quantitative estimate of drug-likeness (QED) is 0.842. The number of rotatable bonds is 6. The molecule has 2 aromatic heterocycles. The molecule has 1 amide bonds. The molecule has 0 fully saturated rings. The zero-order valence-corrected chi connectivity index (χ0v) is 12.9. The van der Waals surface area contributed by atoms with Gasteiger partial charge in [0, 0.05) is 33.0 Å². The fourth-order valence-corrected chi connectivity index (χ4v) is 2.02. The maximum atomic E-state index is 12.0. The zero-order chi connectivity index (χ0) is 15.4. The van der Waals surface area contributed by atoms with Gasteiger partial charge in [-0.1, -0.05) is 6.92 Å². The van der Waals surface area contributed by atoms with Crippen molar-refractivity contribution in [2.45, 2.75) is 26.3 Å². The van der Waals surface area contributed by atoms with Crippen molar-refractivity contribution >= 4 is 23.2 Å². The zero-order valence-electron chi connectivity index (χ0n) is 12.9. The highest BCUT2D eigenvalue weighted by atomic mass is 16.2. The molecule has 2 aromatic rings. The topological polar surface area (TPSA) is 74.6 Å². The van der Waals surface area contributed by atoms with Crippen LogP contribution in [0.5, 0.6) is 0 Å². The molecule has 7 heteroatoms. The Labute approximate surface area is 124 Å². The van der Waals surface area contributed by atoms with Crippen molar-refractivity contribution in [3.8, 4) is 0 Å². The maximum absolute atomic E-state index is 12.0. The monoisotopic (exact) mass is 290 g/mol. The van der Waals surface area contributed by atoms with Crippen LogP contribution in [-0.4, -0.2) is 51.9 Å². The lowest BCUT2D eigenvalue weighted by Crippen LogP contribution is -2.37. The summed E-state index contributed by atoms with van der Waals surface area (Å²) in [4.78, 5) is 22.3. The lowest BCUT2D eigenvalue weighted by atomic mass is 10.3. The Balaban J connectivity index is 2.28. The number of nitrogens with one attached hydrogen (secondary N) is 2. The van der Waals surface area contributed by atoms with E-state index in [2.05, 4.69) is 27.5 Å². The first-order valence-corrected chi connectivity index (χ1v) is 7.08. The standard InChI is InChI=1S/C14H22N6O/c1-5-6-15-11-9-20-8-7-16-13(20)12(18-11)17-10(2)14(21)19(3)4/h7-10,15H,5-6H2,1-4H3,(H,17,18). The summed E-state index contributed by atoms with van der Waals surface area (Å²) in [5, 5.41) is 6.39. The lowest BCUT2D eigenvalue weighted by molar-refractivity contribution is -0.129. The molecule has 2 rings (SSSR count). The second-order valence-electron chi connectivity index (χ2n) is 5.16. The van der Waals surface area contributed by atoms with Crippen molar-refractivity contribution < 1.29 is 4.79 Å². The van der Waals surface area contributed by atoms with Crippen LogP contribution in [0.1, 0.15) is 20.3 Å². The van der Waals surface area contributed by atoms with Crippen molar-refractivity contribution in [3.05, 3.63) is 18.6 Å². The Morgan fingerprint density at radius 3 is 2.90 bits per heavy atom. The molecule has 0 aliphatic heterocycles. The molecule has 1 atom stereocenters. The molecular formula is C14H22N6O. The second-order valence-corrected chi connectivity index (χ2v) is 5.16. The molecule has 21 heavy (non-hydrogen) atoms. The Hall–Kier alpha value is -2.31. The maximum Gasteiger partial charge on any atom is 0.244 e. The minimum absolute atomic E-state index is 0.00609. The molecule has 0 aliphatic rings. The Kier molecular flexibility index (Phi) is 4.62. The van der Waals surface area contributed by atoms with Gasteiger partial charge < -0.3 is 19.9 Å². The van der Waals surface area contributed by atoms with Crippen molar-refractivity contribution in [2.24, 2.45) is 0 Å². The van der Waals surface area contributed by atoms with Crippen LogP contribution in [0.25, 0.3) is 5.65 Å². The van der Waals surface area contributed by atoms with Gasteiger partial charge in [0.1, 0.15) is 11.9 Å². The predicted octanol–water partition coefficient (Wildman–Crippen LogP) is 1.44. The summed E-state index contributed by atoms with van der Waals surface area (Å²) in [6, 6.07) is -0.366. The minimum Gasteiger partial charge on any atom is -0.369 e. The molecule has 7 nitrogen and oxygen atoms in total. The average molecular weight is 290 g/mol. The summed E-state index contributed by atoms with van der Waals surface area (Å²) >= 11 is 0. The highest BCUT2D eigenvalue weighted by Crippen LogP contribution is 2.17. The van der Waals surface area contributed by atoms with Crippen molar-refractivity contribution in [1.29, 1.82) is 0 Å². The normalized spacial score (nSPS) is 12.2. The van der Waals surface area contributed by atoms with Crippen LogP contribution >= 0.6 is 0 Å². The van der Waals surface area contributed by atoms with Crippen LogP contribution in [0.2, 0.25) is 0 Å². The first-order chi connectivity index (χ1) is 10.0. The van der Waals surface area contributed by atoms with Crippen molar-refractivity contribution in [3.63, 3.8) is 0 Å². The highest BCUT2D eigenvalue weighted by molar-refractivity contribution is 5.84. The number of hydrogen-bond acceptors (Lipinski definition) is 5. The molecule has 0 bridgehead atoms. The molecule has 0 radical (unpaired) electrons. The lowest BCUT2D eigenvalue weighted by Gasteiger charge is -2.19. The third-order valence-electron chi connectivity index (χ3n) is 3.09. The number of nitrogens with zero attached hydrogens (tertiary/aromatic N) is 4. The fourth-order valence-electron chi connectivity index (χ4n) is 2.02. The molecule has 2 N–H and O–H groups in total. The number of carbonyl (C=O) groups is 1. The smallest absolute Gasteiger partial charge is 0.244 e. The summed E-state index contributed by atoms with van der Waals surface area (Å²) in [6.07, 6.45) is 6.48. The molecule has 114 valence electrons. The van der Waals surface area contributed by atoms with E-state index in [1.54, 1.807) is 25.2 Å². The number of hydrogen-bond donors (Lipinski definition) is 2. The minimum atomic E-state index is -0.366. The van der Waals surface area contributed by atoms with Crippen LogP contribution in [0.15, 0.2) is 18.6 Å². The van der Waals surface area contributed by atoms with E-state index < -0.39 is 0 Å². The first kappa shape index (κ1) is 15.1. The van der Waals surface area contributed by atoms with E-state index in [9.17, 15) is 4.79 Å². The van der Waals surface area contributed by atoms with E-state index >= 15 is 0 Å². The summed E-state index contributed by atoms with van der Waals surface area (Å²) in [5.74, 6) is 1.35. The van der Waals surface area contributed by atoms with E-state index in [1.165, 1.54) is 0 Å². The SMILES string of the molecule is CCCNc1cn2ccnc2c(NC(C)C(=O)N(C)C)n1. The molecule has 0 saturated carbocycles. The van der Waals surface area contributed by atoms with E-state index in [-0.39, 0.29) is 11.9 Å². The molecule has 0 spiro atoms. The van der Waals surface area contributed by atoms with Gasteiger partial charge in [0.2, 0.25) is 5.91 Å². The van der Waals surface area contributed by atoms with Gasteiger partial charge in [-0.15, -0.1) is 0 Å². The number of amides is 1. The molecular weight excluding hydrogens is 268 g/mol. The van der Waals surface area contributed by atoms with Gasteiger partial charge >= 0.3 is 0 Å². The van der Waals surface area contributed by atoms with Crippen molar-refractivity contribution in [2.75, 3.05) is 31.3 Å². The number of fused-ring (bicyclic) bond motifs is 1. The number of anilines is 2. The van der Waals surface area contributed by atoms with Crippen LogP contribution < -0.4 is 10.6 Å². The molecule has 1 unspecified atom stereocenters. The molecule has 2 heterocycles. The second kappa shape index (κ2) is 6.43. The van der Waals surface area contributed by atoms with Gasteiger partial charge in [0.05, 0.1) is 6.20 Å². The third kappa shape index (κ3) is 3.42. The van der Waals surface area contributed by atoms with Gasteiger partial charge in [0.15, 0.2) is 11.5 Å². The predicted molar refractivity (Wildman–Crippen MR) is 83.5 cm³/mol. The molecule has 0 aromatic carbocycles. The number of imidazole rings is 1. The van der Waals surface area contributed by atoms with Crippen LogP contribution in [0, 0.1) is 0 Å². The van der Waals surface area contributed by atoms with E-state index in [4.69, 9.17) is 0 Å². The molecule has 0 saturated heterocycles. The summed E-state index contributed by atoms with van der Waals surface area (Å²) in [6.45, 7) is 4.76. The summed E-state index contributed by atoms with van der Waals surface area (Å²) in [7, 11) is 3.47. The summed E-state index contributed by atoms with van der Waals surface area (Å²) in [5.41, 5.74) is 0.704. The van der Waals surface area contributed by atoms with E-state index in [0.29, 0.717) is 11.5 Å². The molecule has 0 aliphatic carbocycles. The Bertz CT molecular complexity index is 621. The highest BCUT2D eigenvalue weighted by Gasteiger charge is 2.17. The number of aromatic nitrogens is 3. The largest absolute Gasteiger partial charge is 0.369 e. The number of likely N-dealkylation sites (N-methyl/N-ethyl adjacent to an activating group) is 1. The number of carbonyl (C=O) groups excluding carboxylic acids is 1.